The van der Waals surface area contributed by atoms with E-state index >= 15 is 0 Å². The molecule has 0 N–H and O–H groups in total. The molecular weight excluding hydrogens is 403 g/mol. The third kappa shape index (κ3) is 3.57. The second kappa shape index (κ2) is 7.81. The number of para-hydroxylation sites is 1. The maximum atomic E-state index is 12.5. The van der Waals surface area contributed by atoms with Crippen LogP contribution in [0.3, 0.4) is 0 Å². The van der Waals surface area contributed by atoms with E-state index in [0.29, 0.717) is 38.8 Å². The molecular formula is C20H16Cl2N2O4. The molecule has 3 aromatic rings. The third-order valence-corrected chi connectivity index (χ3v) is 5.13. The first-order valence-electron chi connectivity index (χ1n) is 8.82. The van der Waals surface area contributed by atoms with Crippen LogP contribution in [0.1, 0.15) is 22.6 Å². The van der Waals surface area contributed by atoms with Gasteiger partial charge in [0.15, 0.2) is 5.75 Å². The van der Waals surface area contributed by atoms with Gasteiger partial charge in [-0.3, -0.25) is 9.36 Å². The van der Waals surface area contributed by atoms with Crippen LogP contribution in [-0.2, 0) is 17.7 Å². The van der Waals surface area contributed by atoms with Crippen LogP contribution in [0.15, 0.2) is 41.2 Å². The largest absolute Gasteiger partial charge is 0.487 e. The van der Waals surface area contributed by atoms with Crippen LogP contribution < -0.4 is 10.3 Å². The molecule has 144 valence electrons. The fraction of sp³-hybridized carbons (Fsp3) is 0.250. The van der Waals surface area contributed by atoms with Crippen LogP contribution in [0.4, 0.5) is 0 Å². The fourth-order valence-electron chi connectivity index (χ4n) is 3.19. The molecule has 0 spiro atoms. The van der Waals surface area contributed by atoms with E-state index in [-0.39, 0.29) is 18.8 Å². The molecule has 1 aliphatic rings. The predicted octanol–water partition coefficient (Wildman–Crippen LogP) is 3.89. The summed E-state index contributed by atoms with van der Waals surface area (Å²) in [7, 11) is 0. The van der Waals surface area contributed by atoms with Gasteiger partial charge in [-0.25, -0.2) is 9.78 Å². The molecule has 0 amide bonds. The topological polar surface area (TPSA) is 70.4 Å². The van der Waals surface area contributed by atoms with E-state index in [1.165, 1.54) is 0 Å². The lowest BCUT2D eigenvalue weighted by atomic mass is 10.1. The molecule has 2 aromatic carbocycles. The Morgan fingerprint density at radius 1 is 1.14 bits per heavy atom. The van der Waals surface area contributed by atoms with E-state index in [9.17, 15) is 9.59 Å². The summed E-state index contributed by atoms with van der Waals surface area (Å²) in [6.45, 7) is 0.824. The molecule has 28 heavy (non-hydrogen) atoms. The Morgan fingerprint density at radius 3 is 2.71 bits per heavy atom. The number of carbonyl (C=O) groups excluding carboxylic acids is 1. The van der Waals surface area contributed by atoms with Crippen molar-refractivity contribution >= 4 is 40.1 Å². The number of halogens is 2. The maximum absolute atomic E-state index is 12.5. The first kappa shape index (κ1) is 18.8. The lowest BCUT2D eigenvalue weighted by Crippen LogP contribution is -2.21. The molecule has 0 saturated carbocycles. The first-order chi connectivity index (χ1) is 13.5. The smallest absolute Gasteiger partial charge is 0.338 e. The first-order valence-corrected chi connectivity index (χ1v) is 9.57. The molecule has 0 atom stereocenters. The molecule has 0 aliphatic carbocycles. The Hall–Kier alpha value is -2.57. The second-order valence-corrected chi connectivity index (χ2v) is 7.17. The zero-order chi connectivity index (χ0) is 19.7. The number of aromatic nitrogens is 2. The summed E-state index contributed by atoms with van der Waals surface area (Å²) < 4.78 is 12.4. The van der Waals surface area contributed by atoms with Crippen LogP contribution in [0.5, 0.6) is 5.75 Å². The van der Waals surface area contributed by atoms with E-state index in [0.717, 1.165) is 18.7 Å². The van der Waals surface area contributed by atoms with Gasteiger partial charge in [0.1, 0.15) is 19.0 Å². The zero-order valence-corrected chi connectivity index (χ0v) is 16.3. The summed E-state index contributed by atoms with van der Waals surface area (Å²) >= 11 is 12.0. The van der Waals surface area contributed by atoms with E-state index in [1.807, 2.05) is 0 Å². The van der Waals surface area contributed by atoms with E-state index in [1.54, 1.807) is 41.0 Å². The van der Waals surface area contributed by atoms with Gasteiger partial charge in [0.2, 0.25) is 0 Å². The highest BCUT2D eigenvalue weighted by molar-refractivity contribution is 6.37. The number of rotatable bonds is 5. The van der Waals surface area contributed by atoms with E-state index in [4.69, 9.17) is 32.7 Å². The zero-order valence-electron chi connectivity index (χ0n) is 14.8. The number of hydrogen-bond donors (Lipinski definition) is 0. The molecule has 2 heterocycles. The number of carbonyl (C=O) groups is 1. The van der Waals surface area contributed by atoms with Crippen molar-refractivity contribution in [3.8, 4) is 5.75 Å². The Balaban J connectivity index is 1.43. The van der Waals surface area contributed by atoms with Crippen molar-refractivity contribution in [1.29, 1.82) is 0 Å². The molecule has 0 radical (unpaired) electrons. The average molecular weight is 419 g/mol. The van der Waals surface area contributed by atoms with Crippen molar-refractivity contribution in [1.82, 2.24) is 9.55 Å². The SMILES string of the molecule is O=C(OCCOc1c(Cl)cccc1Cl)c1ccc2c(=O)n3c(nc2c1)CCC3. The lowest BCUT2D eigenvalue weighted by molar-refractivity contribution is 0.0451. The highest BCUT2D eigenvalue weighted by Gasteiger charge is 2.17. The summed E-state index contributed by atoms with van der Waals surface area (Å²) in [5.41, 5.74) is 0.771. The summed E-state index contributed by atoms with van der Waals surface area (Å²) in [6, 6.07) is 9.82. The van der Waals surface area contributed by atoms with Crippen LogP contribution in [0, 0.1) is 0 Å². The van der Waals surface area contributed by atoms with Crippen molar-refractivity contribution in [2.75, 3.05) is 13.2 Å². The van der Waals surface area contributed by atoms with E-state index < -0.39 is 5.97 Å². The summed E-state index contributed by atoms with van der Waals surface area (Å²) in [4.78, 5) is 29.3. The number of aryl methyl sites for hydroxylation is 1. The minimum absolute atomic E-state index is 0.0265. The van der Waals surface area contributed by atoms with Crippen molar-refractivity contribution in [3.05, 3.63) is 68.2 Å². The summed E-state index contributed by atoms with van der Waals surface area (Å²) in [5.74, 6) is 0.595. The van der Waals surface area contributed by atoms with Crippen LogP contribution in [0.2, 0.25) is 10.0 Å². The van der Waals surface area contributed by atoms with Crippen LogP contribution in [-0.4, -0.2) is 28.7 Å². The number of nitrogens with zero attached hydrogens (tertiary/aromatic N) is 2. The molecule has 0 fully saturated rings. The Kier molecular flexibility index (Phi) is 5.24. The monoisotopic (exact) mass is 418 g/mol. The Labute approximate surface area is 170 Å². The Bertz CT molecular complexity index is 1110. The normalized spacial score (nSPS) is 12.8. The second-order valence-electron chi connectivity index (χ2n) is 6.36. The number of hydrogen-bond acceptors (Lipinski definition) is 5. The van der Waals surface area contributed by atoms with Gasteiger partial charge in [0.25, 0.3) is 5.56 Å². The molecule has 1 aliphatic heterocycles. The van der Waals surface area contributed by atoms with Crippen molar-refractivity contribution < 1.29 is 14.3 Å². The highest BCUT2D eigenvalue weighted by atomic mass is 35.5. The molecule has 0 bridgehead atoms. The minimum atomic E-state index is -0.516. The van der Waals surface area contributed by atoms with Crippen molar-refractivity contribution in [2.24, 2.45) is 0 Å². The third-order valence-electron chi connectivity index (χ3n) is 4.53. The van der Waals surface area contributed by atoms with Crippen LogP contribution >= 0.6 is 23.2 Å². The molecule has 0 unspecified atom stereocenters. The quantitative estimate of drug-likeness (QED) is 0.464. The van der Waals surface area contributed by atoms with Crippen LogP contribution in [0.25, 0.3) is 10.9 Å². The van der Waals surface area contributed by atoms with Gasteiger partial charge >= 0.3 is 5.97 Å². The minimum Gasteiger partial charge on any atom is -0.487 e. The van der Waals surface area contributed by atoms with Gasteiger partial charge in [0.05, 0.1) is 26.5 Å². The molecule has 6 nitrogen and oxygen atoms in total. The number of benzene rings is 2. The summed E-state index contributed by atoms with van der Waals surface area (Å²) in [6.07, 6.45) is 1.67. The van der Waals surface area contributed by atoms with Gasteiger partial charge in [-0.2, -0.15) is 0 Å². The molecule has 8 heteroatoms. The summed E-state index contributed by atoms with van der Waals surface area (Å²) in [5, 5.41) is 1.27. The van der Waals surface area contributed by atoms with Gasteiger partial charge < -0.3 is 9.47 Å². The van der Waals surface area contributed by atoms with Crippen molar-refractivity contribution in [3.63, 3.8) is 0 Å². The number of fused-ring (bicyclic) bond motifs is 2. The molecule has 1 aromatic heterocycles. The van der Waals surface area contributed by atoms with Gasteiger partial charge in [-0.1, -0.05) is 29.3 Å². The lowest BCUT2D eigenvalue weighted by Gasteiger charge is -2.10. The standard InChI is InChI=1S/C20H16Cl2N2O4/c21-14-3-1-4-15(22)18(14)27-9-10-28-20(26)12-6-7-13-16(11-12)23-17-5-2-8-24(17)19(13)25/h1,3-4,6-7,11H,2,5,8-10H2. The van der Waals surface area contributed by atoms with Gasteiger partial charge in [-0.15, -0.1) is 0 Å². The van der Waals surface area contributed by atoms with Crippen molar-refractivity contribution in [2.45, 2.75) is 19.4 Å². The molecule has 0 saturated heterocycles. The predicted molar refractivity (Wildman–Crippen MR) is 107 cm³/mol. The fourth-order valence-corrected chi connectivity index (χ4v) is 3.70. The maximum Gasteiger partial charge on any atom is 0.338 e. The average Bonchev–Trinajstić information content (AvgIpc) is 3.15. The van der Waals surface area contributed by atoms with Gasteiger partial charge in [0, 0.05) is 13.0 Å². The van der Waals surface area contributed by atoms with E-state index in [2.05, 4.69) is 4.98 Å². The Morgan fingerprint density at radius 2 is 1.93 bits per heavy atom. The number of ether oxygens (including phenoxy) is 2. The number of esters is 1. The van der Waals surface area contributed by atoms with Gasteiger partial charge in [-0.05, 0) is 36.8 Å². The molecule has 4 rings (SSSR count). The highest BCUT2D eigenvalue weighted by Crippen LogP contribution is 2.32.